The molecule has 0 amide bonds. The van der Waals surface area contributed by atoms with Gasteiger partial charge in [0.1, 0.15) is 5.82 Å². The molecule has 2 rings (SSSR count). The van der Waals surface area contributed by atoms with E-state index in [0.29, 0.717) is 5.92 Å². The van der Waals surface area contributed by atoms with Gasteiger partial charge in [-0.2, -0.15) is 0 Å². The highest BCUT2D eigenvalue weighted by atomic mass is 16.4. The Hall–Kier alpha value is -1.32. The maximum absolute atomic E-state index is 11.4. The van der Waals surface area contributed by atoms with Gasteiger partial charge in [-0.05, 0) is 31.1 Å². The van der Waals surface area contributed by atoms with Gasteiger partial charge in [-0.25, -0.2) is 4.98 Å². The molecule has 1 aliphatic carbocycles. The Kier molecular flexibility index (Phi) is 4.61. The molecule has 3 atom stereocenters. The Morgan fingerprint density at radius 3 is 2.89 bits per heavy atom. The Morgan fingerprint density at radius 1 is 1.53 bits per heavy atom. The molecule has 3 unspecified atom stereocenters. The monoisotopic (exact) mass is 264 g/mol. The van der Waals surface area contributed by atoms with Crippen molar-refractivity contribution in [1.29, 1.82) is 0 Å². The van der Waals surface area contributed by atoms with E-state index in [1.165, 1.54) is 12.8 Å². The van der Waals surface area contributed by atoms with E-state index in [1.54, 1.807) is 6.20 Å². The number of carboxylic acid groups (broad SMARTS) is 1. The lowest BCUT2D eigenvalue weighted by atomic mass is 9.71. The molecule has 0 bridgehead atoms. The minimum absolute atomic E-state index is 0.190. The van der Waals surface area contributed by atoms with E-state index in [-0.39, 0.29) is 11.8 Å². The summed E-state index contributed by atoms with van der Waals surface area (Å²) in [5, 5.41) is 9.40. The molecule has 19 heavy (non-hydrogen) atoms. The van der Waals surface area contributed by atoms with Crippen LogP contribution in [0.25, 0.3) is 0 Å². The fraction of sp³-hybridized carbons (Fsp3) is 0.733. The standard InChI is InChI=1S/C15H24N2O2/c1-3-4-11-5-6-13(15(18)19)12(9-11)10-14-16-7-8-17(14)2/h7-8,11-13H,3-6,9-10H2,1-2H3,(H,18,19). The van der Waals surface area contributed by atoms with Crippen LogP contribution in [0, 0.1) is 17.8 Å². The molecule has 1 aromatic heterocycles. The molecule has 1 aromatic rings. The zero-order chi connectivity index (χ0) is 13.8. The van der Waals surface area contributed by atoms with Crippen LogP contribution in [0.1, 0.15) is 44.9 Å². The first-order chi connectivity index (χ1) is 9.11. The third-order valence-electron chi connectivity index (χ3n) is 4.47. The van der Waals surface area contributed by atoms with E-state index in [4.69, 9.17) is 0 Å². The lowest BCUT2D eigenvalue weighted by Gasteiger charge is -2.33. The number of rotatable bonds is 5. The normalized spacial score (nSPS) is 27.4. The zero-order valence-corrected chi connectivity index (χ0v) is 11.9. The maximum atomic E-state index is 11.4. The number of nitrogens with zero attached hydrogens (tertiary/aromatic N) is 2. The van der Waals surface area contributed by atoms with Gasteiger partial charge in [0, 0.05) is 25.9 Å². The van der Waals surface area contributed by atoms with Gasteiger partial charge in [-0.15, -0.1) is 0 Å². The molecule has 4 nitrogen and oxygen atoms in total. The van der Waals surface area contributed by atoms with Crippen LogP contribution in [-0.2, 0) is 18.3 Å². The molecule has 4 heteroatoms. The summed E-state index contributed by atoms with van der Waals surface area (Å²) >= 11 is 0. The minimum atomic E-state index is -0.630. The molecule has 0 saturated heterocycles. The number of aryl methyl sites for hydroxylation is 1. The first-order valence-electron chi connectivity index (χ1n) is 7.30. The van der Waals surface area contributed by atoms with E-state index in [2.05, 4.69) is 11.9 Å². The Balaban J connectivity index is 2.07. The van der Waals surface area contributed by atoms with Crippen LogP contribution in [0.4, 0.5) is 0 Å². The summed E-state index contributed by atoms with van der Waals surface area (Å²) in [6, 6.07) is 0. The highest BCUT2D eigenvalue weighted by molar-refractivity contribution is 5.70. The van der Waals surface area contributed by atoms with Crippen LogP contribution < -0.4 is 0 Å². The quantitative estimate of drug-likeness (QED) is 0.889. The van der Waals surface area contributed by atoms with Crippen LogP contribution in [0.15, 0.2) is 12.4 Å². The molecule has 0 aromatic carbocycles. The predicted molar refractivity (Wildman–Crippen MR) is 73.8 cm³/mol. The fourth-order valence-corrected chi connectivity index (χ4v) is 3.41. The van der Waals surface area contributed by atoms with Gasteiger partial charge >= 0.3 is 5.97 Å². The van der Waals surface area contributed by atoms with E-state index >= 15 is 0 Å². The molecule has 1 fully saturated rings. The van der Waals surface area contributed by atoms with Crippen molar-refractivity contribution < 1.29 is 9.90 Å². The van der Waals surface area contributed by atoms with Crippen LogP contribution in [0.2, 0.25) is 0 Å². The average Bonchev–Trinajstić information content (AvgIpc) is 2.75. The highest BCUT2D eigenvalue weighted by Gasteiger charge is 2.35. The number of aromatic nitrogens is 2. The summed E-state index contributed by atoms with van der Waals surface area (Å²) in [5.41, 5.74) is 0. The van der Waals surface area contributed by atoms with Crippen LogP contribution in [-0.4, -0.2) is 20.6 Å². The maximum Gasteiger partial charge on any atom is 0.306 e. The molecule has 0 radical (unpaired) electrons. The smallest absolute Gasteiger partial charge is 0.306 e. The van der Waals surface area contributed by atoms with Gasteiger partial charge in [-0.3, -0.25) is 4.79 Å². The zero-order valence-electron chi connectivity index (χ0n) is 11.9. The topological polar surface area (TPSA) is 55.1 Å². The van der Waals surface area contributed by atoms with Gasteiger partial charge in [0.15, 0.2) is 0 Å². The first-order valence-corrected chi connectivity index (χ1v) is 7.30. The predicted octanol–water partition coefficient (Wildman–Crippen LogP) is 2.88. The number of carboxylic acids is 1. The number of aliphatic carboxylic acids is 1. The van der Waals surface area contributed by atoms with Crippen molar-refractivity contribution >= 4 is 5.97 Å². The molecule has 1 heterocycles. The SMILES string of the molecule is CCCC1CCC(C(=O)O)C(Cc2nccn2C)C1. The summed E-state index contributed by atoms with van der Waals surface area (Å²) in [6.45, 7) is 2.21. The molecule has 1 aliphatic rings. The second kappa shape index (κ2) is 6.22. The lowest BCUT2D eigenvalue weighted by Crippen LogP contribution is -2.32. The third kappa shape index (κ3) is 3.37. The third-order valence-corrected chi connectivity index (χ3v) is 4.47. The number of hydrogen-bond donors (Lipinski definition) is 1. The van der Waals surface area contributed by atoms with Crippen molar-refractivity contribution in [3.8, 4) is 0 Å². The second-order valence-electron chi connectivity index (χ2n) is 5.83. The molecular weight excluding hydrogens is 240 g/mol. The van der Waals surface area contributed by atoms with Crippen molar-refractivity contribution in [2.75, 3.05) is 0 Å². The van der Waals surface area contributed by atoms with E-state index in [1.807, 2.05) is 17.8 Å². The molecule has 0 spiro atoms. The van der Waals surface area contributed by atoms with Crippen molar-refractivity contribution in [2.45, 2.75) is 45.4 Å². The van der Waals surface area contributed by atoms with E-state index < -0.39 is 5.97 Å². The summed E-state index contributed by atoms with van der Waals surface area (Å²) < 4.78 is 2.00. The summed E-state index contributed by atoms with van der Waals surface area (Å²) in [5.74, 6) is 1.13. The van der Waals surface area contributed by atoms with Gasteiger partial charge in [0.25, 0.3) is 0 Å². The number of hydrogen-bond acceptors (Lipinski definition) is 2. The Bertz CT molecular complexity index is 428. The second-order valence-corrected chi connectivity index (χ2v) is 5.83. The van der Waals surface area contributed by atoms with Crippen LogP contribution in [0.3, 0.4) is 0 Å². The summed E-state index contributed by atoms with van der Waals surface area (Å²) in [7, 11) is 1.98. The van der Waals surface area contributed by atoms with Crippen molar-refractivity contribution in [3.05, 3.63) is 18.2 Å². The molecular formula is C15H24N2O2. The van der Waals surface area contributed by atoms with Gasteiger partial charge < -0.3 is 9.67 Å². The Labute approximate surface area is 114 Å². The van der Waals surface area contributed by atoms with Gasteiger partial charge in [-0.1, -0.05) is 19.8 Å². The molecule has 1 saturated carbocycles. The molecule has 0 aliphatic heterocycles. The average molecular weight is 264 g/mol. The van der Waals surface area contributed by atoms with Gasteiger partial charge in [0.2, 0.25) is 0 Å². The number of imidazole rings is 1. The molecule has 106 valence electrons. The van der Waals surface area contributed by atoms with Crippen molar-refractivity contribution in [3.63, 3.8) is 0 Å². The fourth-order valence-electron chi connectivity index (χ4n) is 3.41. The highest BCUT2D eigenvalue weighted by Crippen LogP contribution is 2.37. The lowest BCUT2D eigenvalue weighted by molar-refractivity contribution is -0.145. The first kappa shape index (κ1) is 14.1. The van der Waals surface area contributed by atoms with Crippen molar-refractivity contribution in [1.82, 2.24) is 9.55 Å². The van der Waals surface area contributed by atoms with Crippen molar-refractivity contribution in [2.24, 2.45) is 24.8 Å². The Morgan fingerprint density at radius 2 is 2.32 bits per heavy atom. The van der Waals surface area contributed by atoms with E-state index in [9.17, 15) is 9.90 Å². The van der Waals surface area contributed by atoms with Crippen LogP contribution >= 0.6 is 0 Å². The number of carbonyl (C=O) groups is 1. The van der Waals surface area contributed by atoms with E-state index in [0.717, 1.165) is 31.5 Å². The minimum Gasteiger partial charge on any atom is -0.481 e. The van der Waals surface area contributed by atoms with Crippen LogP contribution in [0.5, 0.6) is 0 Å². The summed E-state index contributed by atoms with van der Waals surface area (Å²) in [4.78, 5) is 15.8. The molecule has 1 N–H and O–H groups in total. The van der Waals surface area contributed by atoms with Gasteiger partial charge in [0.05, 0.1) is 5.92 Å². The largest absolute Gasteiger partial charge is 0.481 e. The summed E-state index contributed by atoms with van der Waals surface area (Å²) in [6.07, 6.45) is 9.87.